The summed E-state index contributed by atoms with van der Waals surface area (Å²) in [6.45, 7) is 0.547. The summed E-state index contributed by atoms with van der Waals surface area (Å²) in [7, 11) is 0. The lowest BCUT2D eigenvalue weighted by Crippen LogP contribution is -2.46. The lowest BCUT2D eigenvalue weighted by molar-refractivity contribution is -0.132. The number of benzene rings is 1. The number of urea groups is 1. The summed E-state index contributed by atoms with van der Waals surface area (Å²) in [6.07, 6.45) is 3.48. The third-order valence-electron chi connectivity index (χ3n) is 6.23. The van der Waals surface area contributed by atoms with Crippen LogP contribution >= 0.6 is 11.3 Å². The highest BCUT2D eigenvalue weighted by atomic mass is 32.1. The van der Waals surface area contributed by atoms with Gasteiger partial charge in [0.15, 0.2) is 0 Å². The quantitative estimate of drug-likeness (QED) is 0.455. The van der Waals surface area contributed by atoms with E-state index in [-0.39, 0.29) is 36.8 Å². The van der Waals surface area contributed by atoms with E-state index in [1.807, 2.05) is 11.4 Å². The van der Waals surface area contributed by atoms with Crippen molar-refractivity contribution in [2.24, 2.45) is 0 Å². The lowest BCUT2D eigenvalue weighted by Gasteiger charge is -2.31. The predicted molar refractivity (Wildman–Crippen MR) is 110 cm³/mol. The number of hydrogen-bond donors (Lipinski definition) is 1. The highest BCUT2D eigenvalue weighted by Gasteiger charge is 2.54. The van der Waals surface area contributed by atoms with Gasteiger partial charge in [0, 0.05) is 23.5 Å². The van der Waals surface area contributed by atoms with Crippen molar-refractivity contribution >= 4 is 35.1 Å². The Labute approximate surface area is 177 Å². The Morgan fingerprint density at radius 3 is 2.30 bits per heavy atom. The normalized spacial score (nSPS) is 22.7. The molecule has 0 bridgehead atoms. The summed E-state index contributed by atoms with van der Waals surface area (Å²) in [5.41, 5.74) is 0.878. The largest absolute Gasteiger partial charge is 0.325 e. The Hall–Kier alpha value is -3.00. The summed E-state index contributed by atoms with van der Waals surface area (Å²) < 4.78 is 0. The number of nitrogens with one attached hydrogen (secondary N) is 1. The molecule has 1 fully saturated rings. The standard InChI is InChI=1S/C22H21N3O4S/c26-18-14-6-1-2-7-15(14)19(27)24(18)11-3-4-12-25-20(28)22(23-21(25)29)10-5-8-17-16(22)9-13-30-17/h1-2,6-7,9,13H,3-5,8,10-12H2,(H,23,29)/t22-/m1/s1. The SMILES string of the molecule is O=C1N[C@@]2(CCCc3sccc32)C(=O)N1CCCCN1C(=O)c2ccccc2C1=O. The number of unbranched alkanes of at least 4 members (excludes halogenated alkanes) is 1. The first kappa shape index (κ1) is 19.0. The molecule has 3 aliphatic rings. The molecule has 1 N–H and O–H groups in total. The van der Waals surface area contributed by atoms with Crippen LogP contribution in [0.1, 0.15) is 56.8 Å². The zero-order chi connectivity index (χ0) is 20.9. The molecule has 1 saturated heterocycles. The molecule has 0 saturated carbocycles. The molecule has 2 aliphatic heterocycles. The summed E-state index contributed by atoms with van der Waals surface area (Å²) in [5, 5.41) is 4.92. The molecule has 1 spiro atoms. The first-order chi connectivity index (χ1) is 14.5. The van der Waals surface area contributed by atoms with E-state index >= 15 is 0 Å². The van der Waals surface area contributed by atoms with Crippen LogP contribution in [0.5, 0.6) is 0 Å². The lowest BCUT2D eigenvalue weighted by atomic mass is 9.80. The number of carbonyl (C=O) groups excluding carboxylic acids is 4. The van der Waals surface area contributed by atoms with Crippen LogP contribution in [0.25, 0.3) is 0 Å². The smallest absolute Gasteiger partial charge is 0.319 e. The molecule has 1 atom stereocenters. The van der Waals surface area contributed by atoms with Crippen LogP contribution in [0, 0.1) is 0 Å². The van der Waals surface area contributed by atoms with Crippen molar-refractivity contribution in [3.8, 4) is 0 Å². The first-order valence-corrected chi connectivity index (χ1v) is 11.1. The predicted octanol–water partition coefficient (Wildman–Crippen LogP) is 2.91. The Morgan fingerprint density at radius 1 is 0.933 bits per heavy atom. The van der Waals surface area contributed by atoms with Crippen LogP contribution in [0.2, 0.25) is 0 Å². The number of thiophene rings is 1. The van der Waals surface area contributed by atoms with Gasteiger partial charge in [-0.3, -0.25) is 24.2 Å². The second-order valence-electron chi connectivity index (χ2n) is 7.92. The molecule has 3 heterocycles. The van der Waals surface area contributed by atoms with Crippen LogP contribution < -0.4 is 5.32 Å². The number of hydrogen-bond acceptors (Lipinski definition) is 5. The summed E-state index contributed by atoms with van der Waals surface area (Å²) >= 11 is 1.63. The van der Waals surface area contributed by atoms with Gasteiger partial charge in [-0.2, -0.15) is 0 Å². The maximum Gasteiger partial charge on any atom is 0.325 e. The fraction of sp³-hybridized carbons (Fsp3) is 0.364. The van der Waals surface area contributed by atoms with E-state index in [0.29, 0.717) is 30.4 Å². The van der Waals surface area contributed by atoms with E-state index in [2.05, 4.69) is 5.32 Å². The Kier molecular flexibility index (Phi) is 4.47. The fourth-order valence-electron chi connectivity index (χ4n) is 4.73. The molecule has 2 aromatic rings. The van der Waals surface area contributed by atoms with Crippen LogP contribution in [0.3, 0.4) is 0 Å². The average molecular weight is 423 g/mol. The van der Waals surface area contributed by atoms with Gasteiger partial charge in [-0.05, 0) is 55.7 Å². The molecule has 1 aliphatic carbocycles. The number of nitrogens with zero attached hydrogens (tertiary/aromatic N) is 2. The number of carbonyl (C=O) groups is 4. The van der Waals surface area contributed by atoms with Crippen molar-refractivity contribution in [2.45, 2.75) is 37.6 Å². The highest BCUT2D eigenvalue weighted by Crippen LogP contribution is 2.42. The van der Waals surface area contributed by atoms with E-state index in [1.54, 1.807) is 35.6 Å². The van der Waals surface area contributed by atoms with E-state index in [9.17, 15) is 19.2 Å². The molecule has 8 heteroatoms. The van der Waals surface area contributed by atoms with Gasteiger partial charge in [0.1, 0.15) is 5.54 Å². The van der Waals surface area contributed by atoms with Crippen molar-refractivity contribution in [1.82, 2.24) is 15.1 Å². The van der Waals surface area contributed by atoms with Gasteiger partial charge >= 0.3 is 6.03 Å². The molecule has 0 unspecified atom stereocenters. The fourth-order valence-corrected chi connectivity index (χ4v) is 5.73. The third-order valence-corrected chi connectivity index (χ3v) is 7.21. The third kappa shape index (κ3) is 2.70. The molecular formula is C22H21N3O4S. The van der Waals surface area contributed by atoms with Gasteiger partial charge < -0.3 is 5.32 Å². The number of fused-ring (bicyclic) bond motifs is 3. The topological polar surface area (TPSA) is 86.8 Å². The summed E-state index contributed by atoms with van der Waals surface area (Å²) in [4.78, 5) is 54.3. The van der Waals surface area contributed by atoms with E-state index in [1.165, 1.54) is 14.7 Å². The van der Waals surface area contributed by atoms with Crippen molar-refractivity contribution in [2.75, 3.05) is 13.1 Å². The van der Waals surface area contributed by atoms with Gasteiger partial charge in [-0.25, -0.2) is 4.79 Å². The van der Waals surface area contributed by atoms with Crippen molar-refractivity contribution in [3.63, 3.8) is 0 Å². The van der Waals surface area contributed by atoms with E-state index in [4.69, 9.17) is 0 Å². The monoisotopic (exact) mass is 423 g/mol. The van der Waals surface area contributed by atoms with Gasteiger partial charge in [-0.1, -0.05) is 12.1 Å². The first-order valence-electron chi connectivity index (χ1n) is 10.2. The Morgan fingerprint density at radius 2 is 1.60 bits per heavy atom. The molecule has 1 aromatic heterocycles. The van der Waals surface area contributed by atoms with Gasteiger partial charge in [0.2, 0.25) is 0 Å². The van der Waals surface area contributed by atoms with Gasteiger partial charge in [0.05, 0.1) is 11.1 Å². The molecule has 5 amide bonds. The van der Waals surface area contributed by atoms with Gasteiger partial charge in [0.25, 0.3) is 17.7 Å². The highest BCUT2D eigenvalue weighted by molar-refractivity contribution is 7.10. The minimum Gasteiger partial charge on any atom is -0.319 e. The molecule has 154 valence electrons. The maximum absolute atomic E-state index is 13.2. The number of rotatable bonds is 5. The molecule has 30 heavy (non-hydrogen) atoms. The Bertz CT molecular complexity index is 1040. The zero-order valence-electron chi connectivity index (χ0n) is 16.3. The summed E-state index contributed by atoms with van der Waals surface area (Å²) in [6, 6.07) is 8.38. The second-order valence-corrected chi connectivity index (χ2v) is 8.92. The van der Waals surface area contributed by atoms with E-state index in [0.717, 1.165) is 18.4 Å². The van der Waals surface area contributed by atoms with Crippen LogP contribution in [0.15, 0.2) is 35.7 Å². The zero-order valence-corrected chi connectivity index (χ0v) is 17.2. The van der Waals surface area contributed by atoms with Crippen LogP contribution in [-0.4, -0.2) is 46.6 Å². The molecular weight excluding hydrogens is 402 g/mol. The second kappa shape index (κ2) is 7.05. The summed E-state index contributed by atoms with van der Waals surface area (Å²) in [5.74, 6) is -0.749. The van der Waals surface area contributed by atoms with Crippen molar-refractivity contribution < 1.29 is 19.2 Å². The number of aryl methyl sites for hydroxylation is 1. The minimum absolute atomic E-state index is 0.187. The number of amides is 5. The minimum atomic E-state index is -0.923. The molecule has 7 nitrogen and oxygen atoms in total. The molecule has 5 rings (SSSR count). The molecule has 0 radical (unpaired) electrons. The molecule has 1 aromatic carbocycles. The Balaban J connectivity index is 1.21. The number of imide groups is 2. The average Bonchev–Trinajstić information content (AvgIpc) is 3.39. The van der Waals surface area contributed by atoms with Crippen molar-refractivity contribution in [3.05, 3.63) is 57.3 Å². The maximum atomic E-state index is 13.2. The van der Waals surface area contributed by atoms with Crippen LogP contribution in [0.4, 0.5) is 4.79 Å². The van der Waals surface area contributed by atoms with E-state index < -0.39 is 5.54 Å². The van der Waals surface area contributed by atoms with Crippen LogP contribution in [-0.2, 0) is 16.8 Å². The van der Waals surface area contributed by atoms with Gasteiger partial charge in [-0.15, -0.1) is 11.3 Å². The van der Waals surface area contributed by atoms with Crippen molar-refractivity contribution in [1.29, 1.82) is 0 Å².